The summed E-state index contributed by atoms with van der Waals surface area (Å²) in [5.41, 5.74) is 6.50. The van der Waals surface area contributed by atoms with Gasteiger partial charge in [-0.15, -0.1) is 0 Å². The summed E-state index contributed by atoms with van der Waals surface area (Å²) in [5.74, 6) is 0.219. The molecule has 0 amide bonds. The van der Waals surface area contributed by atoms with Crippen molar-refractivity contribution in [3.8, 4) is 5.75 Å². The molecule has 1 aromatic rings. The van der Waals surface area contributed by atoms with E-state index in [1.165, 1.54) is 0 Å². The van der Waals surface area contributed by atoms with Crippen LogP contribution in [0, 0.1) is 0 Å². The number of benzene rings is 1. The van der Waals surface area contributed by atoms with Crippen LogP contribution in [0.4, 0.5) is 0 Å². The van der Waals surface area contributed by atoms with Crippen molar-refractivity contribution >= 4 is 27.5 Å². The molecule has 1 aromatic carbocycles. The normalized spacial score (nSPS) is 19.1. The maximum atomic E-state index is 9.84. The van der Waals surface area contributed by atoms with Gasteiger partial charge in [0, 0.05) is 16.1 Å². The van der Waals surface area contributed by atoms with Gasteiger partial charge in [-0.25, -0.2) is 0 Å². The minimum absolute atomic E-state index is 0.219. The monoisotopic (exact) mass is 275 g/mol. The van der Waals surface area contributed by atoms with Gasteiger partial charge in [0.25, 0.3) is 0 Å². The van der Waals surface area contributed by atoms with Gasteiger partial charge in [-0.05, 0) is 47.3 Å². The van der Waals surface area contributed by atoms with E-state index in [1.807, 2.05) is 0 Å². The second-order valence-corrected chi connectivity index (χ2v) is 5.08. The van der Waals surface area contributed by atoms with Crippen LogP contribution >= 0.6 is 27.5 Å². The Labute approximate surface area is 96.2 Å². The van der Waals surface area contributed by atoms with E-state index in [4.69, 9.17) is 17.3 Å². The van der Waals surface area contributed by atoms with E-state index < -0.39 is 0 Å². The summed E-state index contributed by atoms with van der Waals surface area (Å²) in [4.78, 5) is 0. The van der Waals surface area contributed by atoms with E-state index in [1.54, 1.807) is 12.1 Å². The number of hydrogen-bond donors (Lipinski definition) is 2. The van der Waals surface area contributed by atoms with Crippen molar-refractivity contribution in [2.75, 3.05) is 0 Å². The molecule has 0 unspecified atom stereocenters. The number of nitrogens with two attached hydrogens (primary N) is 1. The predicted molar refractivity (Wildman–Crippen MR) is 60.5 cm³/mol. The van der Waals surface area contributed by atoms with Crippen molar-refractivity contribution in [2.24, 2.45) is 5.73 Å². The minimum Gasteiger partial charge on any atom is -0.506 e. The van der Waals surface area contributed by atoms with Crippen LogP contribution in [0.1, 0.15) is 24.8 Å². The molecule has 0 aromatic heterocycles. The van der Waals surface area contributed by atoms with Gasteiger partial charge in [0.2, 0.25) is 0 Å². The first kappa shape index (κ1) is 10.3. The van der Waals surface area contributed by atoms with Crippen molar-refractivity contribution in [1.82, 2.24) is 0 Å². The van der Waals surface area contributed by atoms with Gasteiger partial charge >= 0.3 is 0 Å². The molecule has 0 aliphatic heterocycles. The molecule has 4 heteroatoms. The summed E-state index contributed by atoms with van der Waals surface area (Å²) in [7, 11) is 0. The van der Waals surface area contributed by atoms with E-state index in [-0.39, 0.29) is 11.3 Å². The highest BCUT2D eigenvalue weighted by molar-refractivity contribution is 9.10. The van der Waals surface area contributed by atoms with Crippen LogP contribution in [0.5, 0.6) is 5.75 Å². The number of rotatable bonds is 1. The van der Waals surface area contributed by atoms with Gasteiger partial charge in [-0.2, -0.15) is 0 Å². The Morgan fingerprint density at radius 2 is 2.07 bits per heavy atom. The van der Waals surface area contributed by atoms with E-state index in [2.05, 4.69) is 15.9 Å². The third-order valence-corrected chi connectivity index (χ3v) is 3.63. The van der Waals surface area contributed by atoms with Crippen LogP contribution in [0.3, 0.4) is 0 Å². The fourth-order valence-electron chi connectivity index (χ4n) is 1.77. The lowest BCUT2D eigenvalue weighted by Crippen LogP contribution is -2.43. The van der Waals surface area contributed by atoms with Crippen molar-refractivity contribution in [1.29, 1.82) is 0 Å². The van der Waals surface area contributed by atoms with Crippen LogP contribution in [-0.2, 0) is 5.54 Å². The summed E-state index contributed by atoms with van der Waals surface area (Å²) in [6.45, 7) is 0. The molecule has 2 nitrogen and oxygen atoms in total. The molecule has 1 fully saturated rings. The summed E-state index contributed by atoms with van der Waals surface area (Å²) in [6, 6.07) is 3.42. The molecule has 14 heavy (non-hydrogen) atoms. The maximum Gasteiger partial charge on any atom is 0.134 e. The largest absolute Gasteiger partial charge is 0.506 e. The fourth-order valence-corrected chi connectivity index (χ4v) is 2.58. The summed E-state index contributed by atoms with van der Waals surface area (Å²) in [5, 5.41) is 10.4. The van der Waals surface area contributed by atoms with Gasteiger partial charge < -0.3 is 10.8 Å². The van der Waals surface area contributed by atoms with Gasteiger partial charge in [0.1, 0.15) is 5.75 Å². The van der Waals surface area contributed by atoms with Crippen molar-refractivity contribution in [2.45, 2.75) is 24.8 Å². The molecule has 1 saturated carbocycles. The smallest absolute Gasteiger partial charge is 0.134 e. The Balaban J connectivity index is 2.51. The lowest BCUT2D eigenvalue weighted by molar-refractivity contribution is 0.245. The van der Waals surface area contributed by atoms with Crippen molar-refractivity contribution in [3.05, 3.63) is 27.2 Å². The van der Waals surface area contributed by atoms with E-state index in [9.17, 15) is 5.11 Å². The third kappa shape index (κ3) is 1.53. The Morgan fingerprint density at radius 3 is 2.57 bits per heavy atom. The van der Waals surface area contributed by atoms with Gasteiger partial charge in [-0.1, -0.05) is 11.6 Å². The number of hydrogen-bond acceptors (Lipinski definition) is 2. The highest BCUT2D eigenvalue weighted by atomic mass is 79.9. The zero-order valence-electron chi connectivity index (χ0n) is 7.56. The van der Waals surface area contributed by atoms with Crippen molar-refractivity contribution in [3.63, 3.8) is 0 Å². The molecule has 0 spiro atoms. The van der Waals surface area contributed by atoms with Gasteiger partial charge in [0.15, 0.2) is 0 Å². The quantitative estimate of drug-likeness (QED) is 0.828. The zero-order valence-corrected chi connectivity index (χ0v) is 9.90. The van der Waals surface area contributed by atoms with Crippen LogP contribution < -0.4 is 5.73 Å². The number of phenols is 1. The maximum absolute atomic E-state index is 9.84. The first-order valence-electron chi connectivity index (χ1n) is 4.50. The predicted octanol–water partition coefficient (Wildman–Crippen LogP) is 3.15. The first-order chi connectivity index (χ1) is 6.53. The first-order valence-corrected chi connectivity index (χ1v) is 5.67. The third-order valence-electron chi connectivity index (χ3n) is 2.81. The molecule has 1 aliphatic rings. The summed E-state index contributed by atoms with van der Waals surface area (Å²) >= 11 is 9.17. The van der Waals surface area contributed by atoms with E-state index in [0.29, 0.717) is 9.50 Å². The van der Waals surface area contributed by atoms with Crippen LogP contribution in [0.15, 0.2) is 16.6 Å². The van der Waals surface area contributed by atoms with E-state index in [0.717, 1.165) is 24.8 Å². The van der Waals surface area contributed by atoms with Crippen LogP contribution in [-0.4, -0.2) is 5.11 Å². The second kappa shape index (κ2) is 3.40. The molecule has 0 bridgehead atoms. The van der Waals surface area contributed by atoms with Crippen LogP contribution in [0.2, 0.25) is 5.02 Å². The molecule has 1 aliphatic carbocycles. The topological polar surface area (TPSA) is 46.2 Å². The fraction of sp³-hybridized carbons (Fsp3) is 0.400. The molecule has 0 saturated heterocycles. The standard InChI is InChI=1S/C10H11BrClNO/c11-8-5-6(12)4-7(9(8)14)10(13)2-1-3-10/h4-5,14H,1-3,13H2. The second-order valence-electron chi connectivity index (χ2n) is 3.79. The molecule has 0 atom stereocenters. The Kier molecular flexibility index (Phi) is 2.50. The van der Waals surface area contributed by atoms with Gasteiger partial charge in [0.05, 0.1) is 4.47 Å². The van der Waals surface area contributed by atoms with Crippen molar-refractivity contribution < 1.29 is 5.11 Å². The summed E-state index contributed by atoms with van der Waals surface area (Å²) < 4.78 is 0.608. The number of halogens is 2. The molecule has 2 rings (SSSR count). The molecule has 3 N–H and O–H groups in total. The molecule has 0 heterocycles. The number of phenolic OH excluding ortho intramolecular Hbond substituents is 1. The van der Waals surface area contributed by atoms with Crippen LogP contribution in [0.25, 0.3) is 0 Å². The Hall–Kier alpha value is -0.250. The highest BCUT2D eigenvalue weighted by Crippen LogP contribution is 2.45. The Morgan fingerprint density at radius 1 is 1.43 bits per heavy atom. The molecular formula is C10H11BrClNO. The van der Waals surface area contributed by atoms with E-state index >= 15 is 0 Å². The molecule has 76 valence electrons. The zero-order chi connectivity index (χ0) is 10.3. The Bertz CT molecular complexity index is 377. The lowest BCUT2D eigenvalue weighted by atomic mass is 9.72. The minimum atomic E-state index is -0.377. The average molecular weight is 277 g/mol. The average Bonchev–Trinajstić information content (AvgIpc) is 2.07. The molecule has 0 radical (unpaired) electrons. The summed E-state index contributed by atoms with van der Waals surface area (Å²) in [6.07, 6.45) is 2.93. The highest BCUT2D eigenvalue weighted by Gasteiger charge is 2.37. The number of aromatic hydroxyl groups is 1. The molecular weight excluding hydrogens is 265 g/mol. The lowest BCUT2D eigenvalue weighted by Gasteiger charge is -2.39. The van der Waals surface area contributed by atoms with Gasteiger partial charge in [-0.3, -0.25) is 0 Å². The SMILES string of the molecule is NC1(c2cc(Cl)cc(Br)c2O)CCC1.